The fraction of sp³-hybridized carbons (Fsp3) is 0.350. The van der Waals surface area contributed by atoms with Crippen molar-refractivity contribution in [3.05, 3.63) is 54.1 Å². The van der Waals surface area contributed by atoms with E-state index in [1.54, 1.807) is 24.3 Å². The van der Waals surface area contributed by atoms with Crippen molar-refractivity contribution in [2.24, 2.45) is 10.7 Å². The van der Waals surface area contributed by atoms with E-state index in [9.17, 15) is 21.6 Å². The number of benzene rings is 2. The number of nitrogens with zero attached hydrogens (tertiary/aromatic N) is 1. The molecule has 0 unspecified atom stereocenters. The van der Waals surface area contributed by atoms with Gasteiger partial charge in [-0.15, -0.1) is 13.2 Å². The van der Waals surface area contributed by atoms with Crippen LogP contribution in [-0.4, -0.2) is 33.0 Å². The fourth-order valence-electron chi connectivity index (χ4n) is 2.49. The van der Waals surface area contributed by atoms with Crippen molar-refractivity contribution in [3.8, 4) is 5.75 Å². The molecule has 6 nitrogen and oxygen atoms in total. The van der Waals surface area contributed by atoms with Gasteiger partial charge in [-0.25, -0.2) is 8.42 Å². The van der Waals surface area contributed by atoms with Gasteiger partial charge < -0.3 is 15.8 Å². The van der Waals surface area contributed by atoms with Gasteiger partial charge in [0.05, 0.1) is 17.2 Å². The second-order valence-electron chi connectivity index (χ2n) is 7.56. The zero-order chi connectivity index (χ0) is 22.6. The van der Waals surface area contributed by atoms with Crippen LogP contribution in [-0.2, 0) is 15.3 Å². The van der Waals surface area contributed by atoms with Gasteiger partial charge in [0, 0.05) is 5.69 Å². The number of anilines is 1. The van der Waals surface area contributed by atoms with E-state index in [0.717, 1.165) is 17.7 Å². The molecule has 2 rings (SSSR count). The third-order valence-electron chi connectivity index (χ3n) is 4.08. The molecule has 0 fully saturated rings. The largest absolute Gasteiger partial charge is 0.573 e. The van der Waals surface area contributed by atoms with E-state index in [1.807, 2.05) is 20.8 Å². The van der Waals surface area contributed by atoms with Gasteiger partial charge in [0.15, 0.2) is 15.8 Å². The number of guanidine groups is 1. The van der Waals surface area contributed by atoms with Crippen LogP contribution in [0.15, 0.2) is 58.4 Å². The van der Waals surface area contributed by atoms with Gasteiger partial charge in [-0.3, -0.25) is 4.99 Å². The lowest BCUT2D eigenvalue weighted by atomic mass is 9.87. The molecule has 164 valence electrons. The molecule has 2 aromatic rings. The number of nitrogens with two attached hydrogens (primary N) is 1. The Kier molecular flexibility index (Phi) is 7.02. The summed E-state index contributed by atoms with van der Waals surface area (Å²) in [7, 11) is -3.53. The van der Waals surface area contributed by atoms with Crippen molar-refractivity contribution >= 4 is 21.5 Å². The molecule has 2 aromatic carbocycles. The smallest absolute Gasteiger partial charge is 0.406 e. The van der Waals surface area contributed by atoms with E-state index >= 15 is 0 Å². The summed E-state index contributed by atoms with van der Waals surface area (Å²) in [6.07, 6.45) is -4.77. The van der Waals surface area contributed by atoms with Crippen LogP contribution >= 0.6 is 0 Å². The molecule has 0 aliphatic rings. The molecule has 0 heterocycles. The van der Waals surface area contributed by atoms with Gasteiger partial charge in [0.2, 0.25) is 0 Å². The van der Waals surface area contributed by atoms with Crippen LogP contribution in [0.25, 0.3) is 0 Å². The van der Waals surface area contributed by atoms with Crippen LogP contribution in [0.4, 0.5) is 18.9 Å². The molecule has 0 bridgehead atoms. The molecule has 0 amide bonds. The van der Waals surface area contributed by atoms with Crippen molar-refractivity contribution in [3.63, 3.8) is 0 Å². The number of sulfone groups is 1. The van der Waals surface area contributed by atoms with Gasteiger partial charge in [-0.2, -0.15) is 0 Å². The highest BCUT2D eigenvalue weighted by Gasteiger charge is 2.30. The molecule has 30 heavy (non-hydrogen) atoms. The highest BCUT2D eigenvalue weighted by Crippen LogP contribution is 2.25. The average Bonchev–Trinajstić information content (AvgIpc) is 2.61. The van der Waals surface area contributed by atoms with E-state index in [-0.39, 0.29) is 34.3 Å². The summed E-state index contributed by atoms with van der Waals surface area (Å²) in [4.78, 5) is 4.17. The first kappa shape index (κ1) is 23.5. The molecule has 0 aliphatic heterocycles. The highest BCUT2D eigenvalue weighted by molar-refractivity contribution is 7.91. The maximum atomic E-state index is 12.4. The monoisotopic (exact) mass is 443 g/mol. The van der Waals surface area contributed by atoms with E-state index in [2.05, 4.69) is 15.0 Å². The summed E-state index contributed by atoms with van der Waals surface area (Å²) in [5.74, 6) is -0.660. The van der Waals surface area contributed by atoms with Crippen molar-refractivity contribution in [2.45, 2.75) is 37.4 Å². The first-order valence-corrected chi connectivity index (χ1v) is 10.7. The van der Waals surface area contributed by atoms with Gasteiger partial charge in [-0.05, 0) is 47.4 Å². The molecular weight excluding hydrogens is 419 g/mol. The minimum Gasteiger partial charge on any atom is -0.406 e. The first-order valence-electron chi connectivity index (χ1n) is 9.02. The average molecular weight is 443 g/mol. The summed E-state index contributed by atoms with van der Waals surface area (Å²) < 4.78 is 65.1. The van der Waals surface area contributed by atoms with Crippen molar-refractivity contribution in [2.75, 3.05) is 17.6 Å². The number of halogens is 3. The number of ether oxygens (including phenoxy) is 1. The van der Waals surface area contributed by atoms with E-state index < -0.39 is 16.2 Å². The Morgan fingerprint density at radius 3 is 2.10 bits per heavy atom. The molecule has 0 radical (unpaired) electrons. The van der Waals surface area contributed by atoms with Gasteiger partial charge in [-0.1, -0.05) is 32.9 Å². The second-order valence-corrected chi connectivity index (χ2v) is 9.67. The van der Waals surface area contributed by atoms with Crippen LogP contribution in [0, 0.1) is 0 Å². The molecule has 0 saturated heterocycles. The van der Waals surface area contributed by atoms with Crippen LogP contribution in [0.1, 0.15) is 26.3 Å². The van der Waals surface area contributed by atoms with E-state index in [0.29, 0.717) is 5.69 Å². The first-order chi connectivity index (χ1) is 13.8. The van der Waals surface area contributed by atoms with E-state index in [4.69, 9.17) is 5.73 Å². The fourth-order valence-corrected chi connectivity index (χ4v) is 3.61. The number of nitrogens with one attached hydrogen (secondary N) is 1. The summed E-state index contributed by atoms with van der Waals surface area (Å²) in [6.45, 7) is 6.05. The normalized spacial score (nSPS) is 13.2. The maximum Gasteiger partial charge on any atom is 0.573 e. The molecule has 3 N–H and O–H groups in total. The molecule has 0 aliphatic carbocycles. The van der Waals surface area contributed by atoms with Gasteiger partial charge in [0.25, 0.3) is 0 Å². The predicted octanol–water partition coefficient (Wildman–Crippen LogP) is 4.08. The lowest BCUT2D eigenvalue weighted by Gasteiger charge is -2.19. The SMILES string of the molecule is CC(C)(C)c1ccc(S(=O)(=O)CCN=C(N)Nc2ccc(OC(F)(F)F)cc2)cc1. The number of hydrogen-bond acceptors (Lipinski definition) is 4. The summed E-state index contributed by atoms with van der Waals surface area (Å²) in [6, 6.07) is 11.6. The third kappa shape index (κ3) is 7.25. The standard InChI is InChI=1S/C20H24F3N3O3S/c1-19(2,3)14-4-10-17(11-5-14)30(27,28)13-12-25-18(24)26-15-6-8-16(9-7-15)29-20(21,22)23/h4-11H,12-13H2,1-3H3,(H3,24,25,26). The van der Waals surface area contributed by atoms with E-state index in [1.165, 1.54) is 12.1 Å². The molecule has 0 aromatic heterocycles. The molecule has 10 heteroatoms. The minimum absolute atomic E-state index is 0.0576. The summed E-state index contributed by atoms with van der Waals surface area (Å²) in [5, 5.41) is 2.68. The second kappa shape index (κ2) is 8.95. The van der Waals surface area contributed by atoms with Crippen LogP contribution in [0.5, 0.6) is 5.75 Å². The summed E-state index contributed by atoms with van der Waals surface area (Å²) in [5.41, 5.74) is 7.04. The molecule has 0 atom stereocenters. The Balaban J connectivity index is 1.94. The Morgan fingerprint density at radius 1 is 1.03 bits per heavy atom. The number of rotatable bonds is 6. The Morgan fingerprint density at radius 2 is 1.60 bits per heavy atom. The molecule has 0 spiro atoms. The van der Waals surface area contributed by atoms with Crippen LogP contribution < -0.4 is 15.8 Å². The third-order valence-corrected chi connectivity index (χ3v) is 5.79. The predicted molar refractivity (Wildman–Crippen MR) is 110 cm³/mol. The zero-order valence-corrected chi connectivity index (χ0v) is 17.6. The van der Waals surface area contributed by atoms with Crippen molar-refractivity contribution < 1.29 is 26.3 Å². The topological polar surface area (TPSA) is 93.8 Å². The van der Waals surface area contributed by atoms with Crippen LogP contribution in [0.2, 0.25) is 0 Å². The lowest BCUT2D eigenvalue weighted by Crippen LogP contribution is -2.24. The Hall–Kier alpha value is -2.75. The maximum absolute atomic E-state index is 12.4. The number of aliphatic imine (C=N–C) groups is 1. The number of alkyl halides is 3. The molecule has 0 saturated carbocycles. The van der Waals surface area contributed by atoms with Gasteiger partial charge in [0.1, 0.15) is 5.75 Å². The van der Waals surface area contributed by atoms with Crippen molar-refractivity contribution in [1.29, 1.82) is 0 Å². The Bertz CT molecular complexity index is 979. The molecular formula is C20H24F3N3O3S. The van der Waals surface area contributed by atoms with Crippen molar-refractivity contribution in [1.82, 2.24) is 0 Å². The quantitative estimate of drug-likeness (QED) is 0.518. The Labute approximate surface area is 173 Å². The lowest BCUT2D eigenvalue weighted by molar-refractivity contribution is -0.274. The van der Waals surface area contributed by atoms with Crippen LogP contribution in [0.3, 0.4) is 0 Å². The highest BCUT2D eigenvalue weighted by atomic mass is 32.2. The number of hydrogen-bond donors (Lipinski definition) is 2. The minimum atomic E-state index is -4.77. The zero-order valence-electron chi connectivity index (χ0n) is 16.8. The van der Waals surface area contributed by atoms with Gasteiger partial charge >= 0.3 is 6.36 Å². The summed E-state index contributed by atoms with van der Waals surface area (Å²) >= 11 is 0.